The van der Waals surface area contributed by atoms with Gasteiger partial charge in [-0.15, -0.1) is 0 Å². The van der Waals surface area contributed by atoms with Crippen molar-refractivity contribution in [3.8, 4) is 0 Å². The van der Waals surface area contributed by atoms with E-state index in [0.29, 0.717) is 0 Å². The molecule has 0 amide bonds. The maximum atomic E-state index is 10.7. The summed E-state index contributed by atoms with van der Waals surface area (Å²) in [6, 6.07) is 0. The fourth-order valence-electron chi connectivity index (χ4n) is 0.678. The minimum absolute atomic E-state index is 0.299. The van der Waals surface area contributed by atoms with E-state index >= 15 is 0 Å². The van der Waals surface area contributed by atoms with Gasteiger partial charge in [-0.05, 0) is 0 Å². The zero-order chi connectivity index (χ0) is 9.30. The number of hydrogen-bond acceptors (Lipinski definition) is 4. The van der Waals surface area contributed by atoms with E-state index in [4.69, 9.17) is 5.11 Å². The molecule has 0 bridgehead atoms. The van der Waals surface area contributed by atoms with Crippen molar-refractivity contribution in [2.45, 2.75) is 0 Å². The molecule has 0 radical (unpaired) electrons. The number of ether oxygens (including phenoxy) is 1. The number of hydrogen-bond donors (Lipinski definition) is 1. The summed E-state index contributed by atoms with van der Waals surface area (Å²) >= 11 is 0. The van der Waals surface area contributed by atoms with Crippen LogP contribution in [0.2, 0.25) is 0 Å². The van der Waals surface area contributed by atoms with Gasteiger partial charge in [0.2, 0.25) is 0 Å². The molecule has 1 N–H and O–H groups in total. The quantitative estimate of drug-likeness (QED) is 0.346. The van der Waals surface area contributed by atoms with Gasteiger partial charge in [0.1, 0.15) is 0 Å². The number of aliphatic carboxylic acids is 1. The van der Waals surface area contributed by atoms with E-state index in [9.17, 15) is 14.4 Å². The maximum Gasteiger partial charge on any atom is 0.347 e. The van der Waals surface area contributed by atoms with Crippen molar-refractivity contribution in [2.24, 2.45) is 0 Å². The third-order valence-corrected chi connectivity index (χ3v) is 1.26. The molecule has 0 aromatic heterocycles. The number of carboxylic acid groups (broad SMARTS) is 1. The highest BCUT2D eigenvalue weighted by molar-refractivity contribution is 6.16. The second-order valence-electron chi connectivity index (χ2n) is 2.05. The standard InChI is InChI=1S/C7H4O5/c1-3(6(9)10)4-2-5(8)12-7(4)11/h2H,1H2,(H,9,10). The summed E-state index contributed by atoms with van der Waals surface area (Å²) in [4.78, 5) is 31.4. The van der Waals surface area contributed by atoms with Gasteiger partial charge >= 0.3 is 17.9 Å². The molecule has 12 heavy (non-hydrogen) atoms. The molecule has 0 saturated carbocycles. The fraction of sp³-hybridized carbons (Fsp3) is 0. The van der Waals surface area contributed by atoms with E-state index in [1.807, 2.05) is 0 Å². The number of cyclic esters (lactones) is 2. The minimum Gasteiger partial charge on any atom is -0.478 e. The molecule has 0 atom stereocenters. The summed E-state index contributed by atoms with van der Waals surface area (Å²) in [7, 11) is 0. The third kappa shape index (κ3) is 1.24. The molecular formula is C7H4O5. The Morgan fingerprint density at radius 3 is 2.42 bits per heavy atom. The Morgan fingerprint density at radius 2 is 2.08 bits per heavy atom. The Morgan fingerprint density at radius 1 is 1.50 bits per heavy atom. The average Bonchev–Trinajstić information content (AvgIpc) is 2.28. The summed E-state index contributed by atoms with van der Waals surface area (Å²) in [6.07, 6.45) is 0.804. The lowest BCUT2D eigenvalue weighted by Crippen LogP contribution is -2.08. The van der Waals surface area contributed by atoms with Crippen LogP contribution < -0.4 is 0 Å². The van der Waals surface area contributed by atoms with Gasteiger partial charge in [0.25, 0.3) is 0 Å². The van der Waals surface area contributed by atoms with Crippen molar-refractivity contribution < 1.29 is 24.2 Å². The molecule has 0 unspecified atom stereocenters. The van der Waals surface area contributed by atoms with Crippen molar-refractivity contribution in [3.05, 3.63) is 23.8 Å². The van der Waals surface area contributed by atoms with Gasteiger partial charge in [0, 0.05) is 6.08 Å². The van der Waals surface area contributed by atoms with Crippen molar-refractivity contribution in [1.29, 1.82) is 0 Å². The molecule has 0 spiro atoms. The highest BCUT2D eigenvalue weighted by atomic mass is 16.6. The predicted molar refractivity (Wildman–Crippen MR) is 36.0 cm³/mol. The van der Waals surface area contributed by atoms with Crippen LogP contribution in [0.15, 0.2) is 23.8 Å². The largest absolute Gasteiger partial charge is 0.478 e. The van der Waals surface area contributed by atoms with Crippen LogP contribution in [0.5, 0.6) is 0 Å². The van der Waals surface area contributed by atoms with E-state index < -0.39 is 23.5 Å². The first-order chi connectivity index (χ1) is 5.52. The summed E-state index contributed by atoms with van der Waals surface area (Å²) in [5.41, 5.74) is -0.738. The van der Waals surface area contributed by atoms with E-state index in [2.05, 4.69) is 11.3 Å². The van der Waals surface area contributed by atoms with Crippen LogP contribution in [0.4, 0.5) is 0 Å². The van der Waals surface area contributed by atoms with E-state index in [1.165, 1.54) is 0 Å². The first kappa shape index (κ1) is 8.19. The van der Waals surface area contributed by atoms with Gasteiger partial charge in [-0.2, -0.15) is 0 Å². The summed E-state index contributed by atoms with van der Waals surface area (Å²) in [6.45, 7) is 3.10. The Labute approximate surface area is 66.9 Å². The van der Waals surface area contributed by atoms with Gasteiger partial charge in [-0.3, -0.25) is 0 Å². The number of rotatable bonds is 2. The smallest absolute Gasteiger partial charge is 0.347 e. The fourth-order valence-corrected chi connectivity index (χ4v) is 0.678. The molecule has 0 saturated heterocycles. The maximum absolute atomic E-state index is 10.7. The number of carbonyl (C=O) groups is 3. The molecule has 1 heterocycles. The summed E-state index contributed by atoms with van der Waals surface area (Å²) in [5.74, 6) is -3.18. The monoisotopic (exact) mass is 168 g/mol. The molecular weight excluding hydrogens is 164 g/mol. The molecule has 0 aromatic carbocycles. The van der Waals surface area contributed by atoms with Crippen LogP contribution in [0.3, 0.4) is 0 Å². The predicted octanol–water partition coefficient (Wildman–Crippen LogP) is -0.363. The normalized spacial score (nSPS) is 15.5. The van der Waals surface area contributed by atoms with Gasteiger partial charge < -0.3 is 9.84 Å². The molecule has 5 nitrogen and oxygen atoms in total. The van der Waals surface area contributed by atoms with Gasteiger partial charge in [0.05, 0.1) is 11.1 Å². The molecule has 1 rings (SSSR count). The number of esters is 2. The summed E-state index contributed by atoms with van der Waals surface area (Å²) < 4.78 is 4.05. The van der Waals surface area contributed by atoms with E-state index in [0.717, 1.165) is 6.08 Å². The number of carboxylic acids is 1. The van der Waals surface area contributed by atoms with Crippen molar-refractivity contribution in [3.63, 3.8) is 0 Å². The van der Waals surface area contributed by atoms with Crippen LogP contribution >= 0.6 is 0 Å². The summed E-state index contributed by atoms with van der Waals surface area (Å²) in [5, 5.41) is 8.39. The first-order valence-corrected chi connectivity index (χ1v) is 2.93. The van der Waals surface area contributed by atoms with Gasteiger partial charge in [0.15, 0.2) is 0 Å². The van der Waals surface area contributed by atoms with Crippen LogP contribution in [0.25, 0.3) is 0 Å². The molecule has 0 aliphatic carbocycles. The molecule has 0 aromatic rings. The Hall–Kier alpha value is -1.91. The number of carbonyl (C=O) groups excluding carboxylic acids is 2. The topological polar surface area (TPSA) is 80.7 Å². The first-order valence-electron chi connectivity index (χ1n) is 2.93. The lowest BCUT2D eigenvalue weighted by Gasteiger charge is -1.95. The molecule has 62 valence electrons. The Bertz CT molecular complexity index is 323. The van der Waals surface area contributed by atoms with E-state index in [-0.39, 0.29) is 5.57 Å². The van der Waals surface area contributed by atoms with Crippen LogP contribution in [0, 0.1) is 0 Å². The lowest BCUT2D eigenvalue weighted by atomic mass is 10.1. The van der Waals surface area contributed by atoms with Crippen molar-refractivity contribution in [1.82, 2.24) is 0 Å². The van der Waals surface area contributed by atoms with Crippen LogP contribution in [-0.2, 0) is 19.1 Å². The molecule has 5 heteroatoms. The van der Waals surface area contributed by atoms with E-state index in [1.54, 1.807) is 0 Å². The van der Waals surface area contributed by atoms with Crippen molar-refractivity contribution >= 4 is 17.9 Å². The Kier molecular flexibility index (Phi) is 1.78. The molecule has 1 aliphatic heterocycles. The minimum atomic E-state index is -1.35. The van der Waals surface area contributed by atoms with Crippen LogP contribution in [-0.4, -0.2) is 23.0 Å². The zero-order valence-electron chi connectivity index (χ0n) is 5.86. The van der Waals surface area contributed by atoms with Gasteiger partial charge in [-0.25, -0.2) is 14.4 Å². The third-order valence-electron chi connectivity index (χ3n) is 1.26. The van der Waals surface area contributed by atoms with Crippen molar-refractivity contribution in [2.75, 3.05) is 0 Å². The molecule has 1 aliphatic rings. The highest BCUT2D eigenvalue weighted by Crippen LogP contribution is 2.15. The lowest BCUT2D eigenvalue weighted by molar-refractivity contribution is -0.151. The second kappa shape index (κ2) is 2.61. The zero-order valence-corrected chi connectivity index (χ0v) is 5.86. The highest BCUT2D eigenvalue weighted by Gasteiger charge is 2.28. The average molecular weight is 168 g/mol. The SMILES string of the molecule is C=C(C(=O)O)C1=CC(=O)OC1=O. The molecule has 0 fully saturated rings. The van der Waals surface area contributed by atoms with Crippen LogP contribution in [0.1, 0.15) is 0 Å². The Balaban J connectivity index is 2.97. The second-order valence-corrected chi connectivity index (χ2v) is 2.05. The van der Waals surface area contributed by atoms with Gasteiger partial charge in [-0.1, -0.05) is 6.58 Å².